The Morgan fingerprint density at radius 3 is 2.83 bits per heavy atom. The highest BCUT2D eigenvalue weighted by molar-refractivity contribution is 5.56. The van der Waals surface area contributed by atoms with E-state index in [0.717, 1.165) is 31.2 Å². The third kappa shape index (κ3) is 3.48. The lowest BCUT2D eigenvalue weighted by Crippen LogP contribution is -2.23. The number of aliphatic hydroxyl groups is 1. The summed E-state index contributed by atoms with van der Waals surface area (Å²) >= 11 is 0. The Kier molecular flexibility index (Phi) is 4.82. The number of rotatable bonds is 5. The van der Waals surface area contributed by atoms with Crippen LogP contribution in [-0.2, 0) is 4.74 Å². The minimum absolute atomic E-state index is 0.139. The molecule has 0 aromatic carbocycles. The normalized spacial score (nSPS) is 23.1. The third-order valence-corrected chi connectivity index (χ3v) is 4.65. The number of ether oxygens (including phenoxy) is 1. The van der Waals surface area contributed by atoms with Crippen LogP contribution in [-0.4, -0.2) is 45.6 Å². The number of aromatic nitrogens is 3. The van der Waals surface area contributed by atoms with Crippen LogP contribution in [0.1, 0.15) is 49.8 Å². The first kappa shape index (κ1) is 16.2. The lowest BCUT2D eigenvalue weighted by molar-refractivity contribution is 0.121. The van der Waals surface area contributed by atoms with Crippen LogP contribution in [0.3, 0.4) is 0 Å². The smallest absolute Gasteiger partial charge is 0.241 e. The molecule has 1 aliphatic carbocycles. The molecule has 2 aromatic heterocycles. The summed E-state index contributed by atoms with van der Waals surface area (Å²) in [6.45, 7) is 4.75. The van der Waals surface area contributed by atoms with E-state index >= 15 is 0 Å². The van der Waals surface area contributed by atoms with E-state index in [-0.39, 0.29) is 12.1 Å². The van der Waals surface area contributed by atoms with Gasteiger partial charge in [-0.1, -0.05) is 0 Å². The molecule has 1 atom stereocenters. The predicted molar refractivity (Wildman–Crippen MR) is 89.9 cm³/mol. The van der Waals surface area contributed by atoms with Crippen LogP contribution in [0.15, 0.2) is 12.3 Å². The Morgan fingerprint density at radius 1 is 1.39 bits per heavy atom. The summed E-state index contributed by atoms with van der Waals surface area (Å²) in [6.07, 6.45) is 5.51. The first-order valence-corrected chi connectivity index (χ1v) is 8.37. The van der Waals surface area contributed by atoms with Gasteiger partial charge in [0.05, 0.1) is 24.4 Å². The van der Waals surface area contributed by atoms with E-state index in [1.165, 1.54) is 11.3 Å². The van der Waals surface area contributed by atoms with E-state index in [2.05, 4.69) is 28.4 Å². The van der Waals surface area contributed by atoms with Gasteiger partial charge in [-0.3, -0.25) is 0 Å². The highest BCUT2D eigenvalue weighted by Crippen LogP contribution is 2.34. The zero-order chi connectivity index (χ0) is 16.4. The van der Waals surface area contributed by atoms with Gasteiger partial charge in [-0.2, -0.15) is 0 Å². The second-order valence-electron chi connectivity index (χ2n) is 6.64. The molecule has 1 saturated carbocycles. The first-order valence-electron chi connectivity index (χ1n) is 8.37. The van der Waals surface area contributed by atoms with E-state index < -0.39 is 0 Å². The van der Waals surface area contributed by atoms with Gasteiger partial charge >= 0.3 is 0 Å². The highest BCUT2D eigenvalue weighted by Gasteiger charge is 2.24. The zero-order valence-electron chi connectivity index (χ0n) is 14.1. The quantitative estimate of drug-likeness (QED) is 0.886. The number of nitrogens with one attached hydrogen (secondary N) is 1. The summed E-state index contributed by atoms with van der Waals surface area (Å²) in [6, 6.07) is 2.37. The van der Waals surface area contributed by atoms with Crippen molar-refractivity contribution < 1.29 is 9.84 Å². The third-order valence-electron chi connectivity index (χ3n) is 4.65. The fourth-order valence-corrected chi connectivity index (χ4v) is 3.41. The monoisotopic (exact) mass is 318 g/mol. The molecule has 126 valence electrons. The van der Waals surface area contributed by atoms with Gasteiger partial charge in [0, 0.05) is 24.8 Å². The van der Waals surface area contributed by atoms with Crippen LogP contribution < -0.4 is 5.32 Å². The van der Waals surface area contributed by atoms with Crippen LogP contribution in [0.4, 0.5) is 5.95 Å². The molecule has 2 aromatic rings. The fraction of sp³-hybridized carbons (Fsp3) is 0.647. The number of aryl methyl sites for hydroxylation is 1. The average molecular weight is 318 g/mol. The molecule has 0 aliphatic heterocycles. The topological polar surface area (TPSA) is 71.7 Å². The molecule has 0 amide bonds. The Balaban J connectivity index is 1.89. The van der Waals surface area contributed by atoms with Crippen LogP contribution >= 0.6 is 0 Å². The molecule has 23 heavy (non-hydrogen) atoms. The highest BCUT2D eigenvalue weighted by atomic mass is 16.5. The lowest BCUT2D eigenvalue weighted by atomic mass is 9.85. The van der Waals surface area contributed by atoms with Crippen LogP contribution in [0.25, 0.3) is 5.52 Å². The molecule has 0 saturated heterocycles. The molecular weight excluding hydrogens is 292 g/mol. The van der Waals surface area contributed by atoms with E-state index in [0.29, 0.717) is 18.5 Å². The van der Waals surface area contributed by atoms with Crippen molar-refractivity contribution >= 4 is 11.5 Å². The van der Waals surface area contributed by atoms with Crippen molar-refractivity contribution in [2.75, 3.05) is 19.0 Å². The van der Waals surface area contributed by atoms with Gasteiger partial charge in [0.25, 0.3) is 0 Å². The Labute approximate surface area is 136 Å². The molecule has 6 nitrogen and oxygen atoms in total. The van der Waals surface area contributed by atoms with Crippen molar-refractivity contribution in [2.45, 2.75) is 57.6 Å². The van der Waals surface area contributed by atoms with Crippen molar-refractivity contribution in [3.63, 3.8) is 0 Å². The van der Waals surface area contributed by atoms with Gasteiger partial charge in [-0.05, 0) is 51.2 Å². The maximum Gasteiger partial charge on any atom is 0.241 e. The van der Waals surface area contributed by atoms with E-state index in [1.807, 2.05) is 17.6 Å². The maximum atomic E-state index is 9.73. The molecule has 0 radical (unpaired) electrons. The SMILES string of the molecule is COC[C@H](C)Nc1ncc2c(C)cc([C@H]3CC[C@H](O)CC3)n2n1. The minimum atomic E-state index is -0.139. The molecule has 2 N–H and O–H groups in total. The Hall–Kier alpha value is -1.66. The van der Waals surface area contributed by atoms with Crippen molar-refractivity contribution in [1.29, 1.82) is 0 Å². The zero-order valence-corrected chi connectivity index (χ0v) is 14.1. The average Bonchev–Trinajstić information content (AvgIpc) is 2.85. The molecule has 0 spiro atoms. The summed E-state index contributed by atoms with van der Waals surface area (Å²) in [4.78, 5) is 4.42. The molecule has 1 aliphatic rings. The van der Waals surface area contributed by atoms with Crippen molar-refractivity contribution in [3.05, 3.63) is 23.5 Å². The number of nitrogens with zero attached hydrogens (tertiary/aromatic N) is 3. The van der Waals surface area contributed by atoms with Gasteiger partial charge in [0.2, 0.25) is 5.95 Å². The summed E-state index contributed by atoms with van der Waals surface area (Å²) < 4.78 is 7.17. The molecular formula is C17H26N4O2. The van der Waals surface area contributed by atoms with Crippen molar-refractivity contribution in [2.24, 2.45) is 0 Å². The van der Waals surface area contributed by atoms with E-state index in [1.54, 1.807) is 7.11 Å². The van der Waals surface area contributed by atoms with E-state index in [4.69, 9.17) is 4.74 Å². The van der Waals surface area contributed by atoms with E-state index in [9.17, 15) is 5.11 Å². The molecule has 0 unspecified atom stereocenters. The first-order chi connectivity index (χ1) is 11.1. The number of hydrogen-bond acceptors (Lipinski definition) is 5. The predicted octanol–water partition coefficient (Wildman–Crippen LogP) is 2.50. The second kappa shape index (κ2) is 6.84. The standard InChI is InChI=1S/C17H26N4O2/c1-11-8-15(13-4-6-14(22)7-5-13)21-16(11)9-18-17(20-21)19-12(2)10-23-3/h8-9,12-14,22H,4-7,10H2,1-3H3,(H,19,20)/t12-,13-,14-/m0/s1. The Bertz CT molecular complexity index is 662. The van der Waals surface area contributed by atoms with Crippen LogP contribution in [0.2, 0.25) is 0 Å². The van der Waals surface area contributed by atoms with Gasteiger partial charge < -0.3 is 15.2 Å². The van der Waals surface area contributed by atoms with Crippen molar-refractivity contribution in [1.82, 2.24) is 14.6 Å². The number of methoxy groups -OCH3 is 1. The maximum absolute atomic E-state index is 9.73. The number of fused-ring (bicyclic) bond motifs is 1. The summed E-state index contributed by atoms with van der Waals surface area (Å²) in [5.74, 6) is 1.08. The molecule has 0 bridgehead atoms. The minimum Gasteiger partial charge on any atom is -0.393 e. The molecule has 1 fully saturated rings. The van der Waals surface area contributed by atoms with Gasteiger partial charge in [0.15, 0.2) is 0 Å². The van der Waals surface area contributed by atoms with Crippen molar-refractivity contribution in [3.8, 4) is 0 Å². The molecule has 6 heteroatoms. The molecule has 2 heterocycles. The number of aliphatic hydroxyl groups excluding tert-OH is 1. The fourth-order valence-electron chi connectivity index (χ4n) is 3.41. The van der Waals surface area contributed by atoms with Crippen LogP contribution in [0, 0.1) is 6.92 Å². The van der Waals surface area contributed by atoms with Crippen LogP contribution in [0.5, 0.6) is 0 Å². The van der Waals surface area contributed by atoms with Gasteiger partial charge in [-0.25, -0.2) is 9.50 Å². The largest absolute Gasteiger partial charge is 0.393 e. The lowest BCUT2D eigenvalue weighted by Gasteiger charge is -2.25. The number of anilines is 1. The second-order valence-corrected chi connectivity index (χ2v) is 6.64. The molecule has 3 rings (SSSR count). The summed E-state index contributed by atoms with van der Waals surface area (Å²) in [7, 11) is 1.69. The number of hydrogen-bond donors (Lipinski definition) is 2. The Morgan fingerprint density at radius 2 is 2.13 bits per heavy atom. The summed E-state index contributed by atoms with van der Waals surface area (Å²) in [5.41, 5.74) is 3.48. The van der Waals surface area contributed by atoms with Gasteiger partial charge in [-0.15, -0.1) is 5.10 Å². The van der Waals surface area contributed by atoms with Gasteiger partial charge in [0.1, 0.15) is 0 Å². The summed E-state index contributed by atoms with van der Waals surface area (Å²) in [5, 5.41) is 17.7.